The number of fused-ring (bicyclic) bond motifs is 2. The molecule has 0 amide bonds. The van der Waals surface area contributed by atoms with E-state index < -0.39 is 34.7 Å². The first-order chi connectivity index (χ1) is 10.8. The molecular formula is C17H18O6. The quantitative estimate of drug-likeness (QED) is 0.408. The molecule has 6 heteroatoms. The number of hydrogen-bond donors (Lipinski definition) is 0. The summed E-state index contributed by atoms with van der Waals surface area (Å²) < 4.78 is 16.3. The van der Waals surface area contributed by atoms with E-state index in [4.69, 9.17) is 14.2 Å². The van der Waals surface area contributed by atoms with Crippen molar-refractivity contribution in [3.05, 3.63) is 23.0 Å². The number of methoxy groups -OCH3 is 1. The minimum atomic E-state index is -0.648. The first-order valence-corrected chi connectivity index (χ1v) is 7.77. The SMILES string of the molecule is COC1=CC(=O)C2=C(C[C@]3(C)O[C@@H]3CC[C@@]3(C)O[C@@H]3C2=O)C1=O. The lowest BCUT2D eigenvalue weighted by Gasteiger charge is -2.20. The van der Waals surface area contributed by atoms with E-state index in [0.29, 0.717) is 6.42 Å². The van der Waals surface area contributed by atoms with Gasteiger partial charge in [-0.25, -0.2) is 0 Å². The van der Waals surface area contributed by atoms with Crippen molar-refractivity contribution in [3.63, 3.8) is 0 Å². The summed E-state index contributed by atoms with van der Waals surface area (Å²) in [4.78, 5) is 37.8. The Kier molecular flexibility index (Phi) is 2.82. The average Bonchev–Trinajstić information content (AvgIpc) is 3.36. The standard InChI is InChI=1S/C17H18O6/c1-16-5-4-11-17(2,22-11)7-8-12(14(20)15(16)23-16)9(18)6-10(21-3)13(8)19/h6,11,15H,4-5,7H2,1-3H3/t11-,15-,16-,17+/m1/s1. The van der Waals surface area contributed by atoms with Gasteiger partial charge in [0.2, 0.25) is 5.78 Å². The fraction of sp³-hybridized carbons (Fsp3) is 0.588. The van der Waals surface area contributed by atoms with Gasteiger partial charge in [-0.3, -0.25) is 14.4 Å². The topological polar surface area (TPSA) is 85.5 Å². The first-order valence-electron chi connectivity index (χ1n) is 7.77. The molecule has 2 fully saturated rings. The molecule has 0 radical (unpaired) electrons. The minimum absolute atomic E-state index is 0.0194. The number of rotatable bonds is 1. The Balaban J connectivity index is 1.81. The Hall–Kier alpha value is -1.79. The summed E-state index contributed by atoms with van der Waals surface area (Å²) >= 11 is 0. The van der Waals surface area contributed by atoms with Crippen LogP contribution in [0.2, 0.25) is 0 Å². The van der Waals surface area contributed by atoms with Crippen molar-refractivity contribution < 1.29 is 28.6 Å². The van der Waals surface area contributed by atoms with E-state index in [-0.39, 0.29) is 29.4 Å². The summed E-state index contributed by atoms with van der Waals surface area (Å²) in [6.07, 6.45) is 2.18. The van der Waals surface area contributed by atoms with E-state index in [1.54, 1.807) is 0 Å². The van der Waals surface area contributed by atoms with Crippen molar-refractivity contribution in [2.24, 2.45) is 0 Å². The highest BCUT2D eigenvalue weighted by atomic mass is 16.6. The molecule has 4 rings (SSSR count). The first kappa shape index (κ1) is 14.8. The number of carbonyl (C=O) groups is 3. The van der Waals surface area contributed by atoms with Gasteiger partial charge in [-0.05, 0) is 26.7 Å². The maximum Gasteiger partial charge on any atom is 0.224 e. The summed E-state index contributed by atoms with van der Waals surface area (Å²) in [5.41, 5.74) is -0.926. The van der Waals surface area contributed by atoms with Crippen LogP contribution in [0, 0.1) is 0 Å². The third-order valence-corrected chi connectivity index (χ3v) is 5.36. The Bertz CT molecular complexity index is 717. The zero-order chi connectivity index (χ0) is 16.6. The summed E-state index contributed by atoms with van der Waals surface area (Å²) in [7, 11) is 1.34. The lowest BCUT2D eigenvalue weighted by atomic mass is 9.80. The van der Waals surface area contributed by atoms with E-state index in [2.05, 4.69) is 0 Å². The Morgan fingerprint density at radius 3 is 2.61 bits per heavy atom. The van der Waals surface area contributed by atoms with Gasteiger partial charge in [0.1, 0.15) is 11.7 Å². The predicted octanol–water partition coefficient (Wildman–Crippen LogP) is 1.03. The lowest BCUT2D eigenvalue weighted by Crippen LogP contribution is -2.32. The van der Waals surface area contributed by atoms with E-state index in [9.17, 15) is 14.4 Å². The summed E-state index contributed by atoms with van der Waals surface area (Å²) in [5.74, 6) is -1.32. The van der Waals surface area contributed by atoms with Gasteiger partial charge in [0.15, 0.2) is 17.3 Å². The van der Waals surface area contributed by atoms with Crippen molar-refractivity contribution in [1.82, 2.24) is 0 Å². The molecule has 0 aromatic heterocycles. The Labute approximate surface area is 133 Å². The highest BCUT2D eigenvalue weighted by Gasteiger charge is 2.62. The zero-order valence-corrected chi connectivity index (χ0v) is 13.3. The molecule has 122 valence electrons. The van der Waals surface area contributed by atoms with Gasteiger partial charge in [-0.15, -0.1) is 0 Å². The molecule has 2 aliphatic carbocycles. The van der Waals surface area contributed by atoms with Crippen LogP contribution in [0.5, 0.6) is 0 Å². The summed E-state index contributed by atoms with van der Waals surface area (Å²) in [6, 6.07) is 0. The van der Waals surface area contributed by atoms with Gasteiger partial charge in [0.25, 0.3) is 0 Å². The normalized spacial score (nSPS) is 42.4. The number of epoxide rings is 2. The third-order valence-electron chi connectivity index (χ3n) is 5.36. The van der Waals surface area contributed by atoms with Crippen LogP contribution in [-0.4, -0.2) is 47.9 Å². The van der Waals surface area contributed by atoms with Gasteiger partial charge < -0.3 is 14.2 Å². The van der Waals surface area contributed by atoms with Crippen LogP contribution in [0.4, 0.5) is 0 Å². The van der Waals surface area contributed by atoms with Gasteiger partial charge in [0, 0.05) is 18.1 Å². The van der Waals surface area contributed by atoms with Gasteiger partial charge in [-0.2, -0.15) is 0 Å². The lowest BCUT2D eigenvalue weighted by molar-refractivity contribution is -0.123. The van der Waals surface area contributed by atoms with Crippen LogP contribution >= 0.6 is 0 Å². The molecule has 6 nitrogen and oxygen atoms in total. The van der Waals surface area contributed by atoms with Crippen molar-refractivity contribution >= 4 is 17.3 Å². The number of hydrogen-bond acceptors (Lipinski definition) is 6. The fourth-order valence-corrected chi connectivity index (χ4v) is 3.72. The molecule has 0 unspecified atom stereocenters. The number of ketones is 3. The second-order valence-electron chi connectivity index (χ2n) is 7.07. The highest BCUT2D eigenvalue weighted by molar-refractivity contribution is 6.34. The van der Waals surface area contributed by atoms with Crippen LogP contribution in [0.25, 0.3) is 0 Å². The number of carbonyl (C=O) groups excluding carboxylic acids is 3. The second-order valence-corrected chi connectivity index (χ2v) is 7.07. The van der Waals surface area contributed by atoms with Crippen LogP contribution < -0.4 is 0 Å². The zero-order valence-electron chi connectivity index (χ0n) is 13.3. The number of allylic oxidation sites excluding steroid dienone is 2. The molecule has 4 aliphatic rings. The molecule has 0 spiro atoms. The van der Waals surface area contributed by atoms with Crippen LogP contribution in [0.1, 0.15) is 33.1 Å². The van der Waals surface area contributed by atoms with Gasteiger partial charge >= 0.3 is 0 Å². The molecule has 2 heterocycles. The summed E-state index contributed by atoms with van der Waals surface area (Å²) in [6.45, 7) is 3.77. The van der Waals surface area contributed by atoms with E-state index >= 15 is 0 Å². The smallest absolute Gasteiger partial charge is 0.224 e. The summed E-state index contributed by atoms with van der Waals surface area (Å²) in [5, 5.41) is 0. The number of ether oxygens (including phenoxy) is 3. The van der Waals surface area contributed by atoms with Crippen molar-refractivity contribution in [2.45, 2.75) is 56.5 Å². The highest BCUT2D eigenvalue weighted by Crippen LogP contribution is 2.51. The molecular weight excluding hydrogens is 300 g/mol. The van der Waals surface area contributed by atoms with Gasteiger partial charge in [0.05, 0.1) is 24.4 Å². The van der Waals surface area contributed by atoms with Crippen LogP contribution in [-0.2, 0) is 28.6 Å². The molecule has 0 aromatic carbocycles. The number of Topliss-reactive ketones (excluding diaryl/α,β-unsaturated/α-hetero) is 2. The molecule has 2 saturated heterocycles. The van der Waals surface area contributed by atoms with E-state index in [0.717, 1.165) is 12.5 Å². The predicted molar refractivity (Wildman–Crippen MR) is 77.5 cm³/mol. The van der Waals surface area contributed by atoms with E-state index in [1.807, 2.05) is 13.8 Å². The largest absolute Gasteiger partial charge is 0.493 e. The molecule has 0 bridgehead atoms. The van der Waals surface area contributed by atoms with Crippen LogP contribution in [0.15, 0.2) is 23.0 Å². The van der Waals surface area contributed by atoms with Crippen molar-refractivity contribution in [2.75, 3.05) is 7.11 Å². The Morgan fingerprint density at radius 2 is 1.91 bits per heavy atom. The second kappa shape index (κ2) is 4.39. The van der Waals surface area contributed by atoms with Crippen molar-refractivity contribution in [1.29, 1.82) is 0 Å². The van der Waals surface area contributed by atoms with E-state index in [1.165, 1.54) is 7.11 Å². The molecule has 0 aromatic rings. The average molecular weight is 318 g/mol. The monoisotopic (exact) mass is 318 g/mol. The fourth-order valence-electron chi connectivity index (χ4n) is 3.72. The molecule has 4 atom stereocenters. The molecule has 0 saturated carbocycles. The third kappa shape index (κ3) is 2.05. The minimum Gasteiger partial charge on any atom is -0.493 e. The van der Waals surface area contributed by atoms with Gasteiger partial charge in [-0.1, -0.05) is 0 Å². The maximum absolute atomic E-state index is 12.8. The maximum atomic E-state index is 12.8. The molecule has 23 heavy (non-hydrogen) atoms. The Morgan fingerprint density at radius 1 is 1.17 bits per heavy atom. The molecule has 0 N–H and O–H groups in total. The van der Waals surface area contributed by atoms with Crippen LogP contribution in [0.3, 0.4) is 0 Å². The molecule has 2 aliphatic heterocycles. The van der Waals surface area contributed by atoms with Crippen molar-refractivity contribution in [3.8, 4) is 0 Å².